The van der Waals surface area contributed by atoms with Crippen molar-refractivity contribution in [3.8, 4) is 0 Å². The maximum absolute atomic E-state index is 12.2. The molecule has 1 amide bonds. The van der Waals surface area contributed by atoms with Gasteiger partial charge in [-0.15, -0.1) is 0 Å². The lowest BCUT2D eigenvalue weighted by Crippen LogP contribution is -2.51. The highest BCUT2D eigenvalue weighted by Crippen LogP contribution is 2.65. The van der Waals surface area contributed by atoms with Crippen LogP contribution in [0.15, 0.2) is 16.8 Å². The number of rotatable bonds is 7. The van der Waals surface area contributed by atoms with E-state index in [9.17, 15) is 19.8 Å². The lowest BCUT2D eigenvalue weighted by atomic mass is 9.47. The van der Waals surface area contributed by atoms with E-state index in [1.54, 1.807) is 0 Å². The van der Waals surface area contributed by atoms with E-state index in [1.807, 2.05) is 13.8 Å². The highest BCUT2D eigenvalue weighted by molar-refractivity contribution is 5.96. The van der Waals surface area contributed by atoms with Gasteiger partial charge in [-0.2, -0.15) is 0 Å². The number of carbonyl (C=O) groups is 2. The number of nitrogens with zero attached hydrogens (tertiary/aromatic N) is 1. The Bertz CT molecular complexity index is 869. The van der Waals surface area contributed by atoms with Crippen LogP contribution in [0.3, 0.4) is 0 Å². The summed E-state index contributed by atoms with van der Waals surface area (Å²) in [5.41, 5.74) is 2.60. The molecule has 8 unspecified atom stereocenters. The Hall–Kier alpha value is -1.89. The van der Waals surface area contributed by atoms with Crippen molar-refractivity contribution >= 4 is 17.6 Å². The minimum atomic E-state index is -1.03. The number of carboxylic acids is 1. The highest BCUT2D eigenvalue weighted by atomic mass is 16.6. The van der Waals surface area contributed by atoms with E-state index in [4.69, 9.17) is 4.84 Å². The number of carbonyl (C=O) groups excluding carboxylic acids is 1. The zero-order valence-electron chi connectivity index (χ0n) is 21.2. The van der Waals surface area contributed by atoms with Gasteiger partial charge in [0.2, 0.25) is 0 Å². The molecular formula is C27H42N2O5. The molecule has 0 bridgehead atoms. The number of nitrogens with one attached hydrogen (secondary N) is 1. The first-order valence-electron chi connectivity index (χ1n) is 13.2. The van der Waals surface area contributed by atoms with Crippen molar-refractivity contribution in [2.75, 3.05) is 6.61 Å². The average molecular weight is 475 g/mol. The topological polar surface area (TPSA) is 108 Å². The largest absolute Gasteiger partial charge is 0.480 e. The monoisotopic (exact) mass is 474 g/mol. The molecule has 7 nitrogen and oxygen atoms in total. The van der Waals surface area contributed by atoms with Crippen LogP contribution in [0.5, 0.6) is 0 Å². The first kappa shape index (κ1) is 25.2. The van der Waals surface area contributed by atoms with Crippen LogP contribution in [-0.4, -0.2) is 46.6 Å². The minimum Gasteiger partial charge on any atom is -0.480 e. The van der Waals surface area contributed by atoms with E-state index < -0.39 is 17.9 Å². The van der Waals surface area contributed by atoms with Gasteiger partial charge in [0.05, 0.1) is 11.8 Å². The number of aliphatic carboxylic acids is 1. The Morgan fingerprint density at radius 1 is 1.18 bits per heavy atom. The summed E-state index contributed by atoms with van der Waals surface area (Å²) in [7, 11) is 0. The molecule has 3 fully saturated rings. The van der Waals surface area contributed by atoms with Gasteiger partial charge in [0.25, 0.3) is 5.91 Å². The van der Waals surface area contributed by atoms with Crippen LogP contribution in [-0.2, 0) is 14.4 Å². The van der Waals surface area contributed by atoms with Crippen LogP contribution in [0, 0.1) is 34.5 Å². The minimum absolute atomic E-state index is 0.100. The van der Waals surface area contributed by atoms with Crippen LogP contribution in [0.2, 0.25) is 0 Å². The van der Waals surface area contributed by atoms with Crippen molar-refractivity contribution in [3.63, 3.8) is 0 Å². The Morgan fingerprint density at radius 2 is 1.94 bits per heavy atom. The molecule has 0 radical (unpaired) electrons. The highest BCUT2D eigenvalue weighted by Gasteiger charge is 2.58. The van der Waals surface area contributed by atoms with Crippen molar-refractivity contribution in [2.24, 2.45) is 39.7 Å². The number of oxime groups is 1. The lowest BCUT2D eigenvalue weighted by Gasteiger charge is -2.57. The van der Waals surface area contributed by atoms with Crippen LogP contribution >= 0.6 is 0 Å². The fourth-order valence-electron chi connectivity index (χ4n) is 7.69. The van der Waals surface area contributed by atoms with Gasteiger partial charge in [0.1, 0.15) is 6.04 Å². The van der Waals surface area contributed by atoms with Gasteiger partial charge >= 0.3 is 5.97 Å². The third-order valence-electron chi connectivity index (χ3n) is 10.1. The molecule has 8 atom stereocenters. The van der Waals surface area contributed by atoms with E-state index >= 15 is 0 Å². The van der Waals surface area contributed by atoms with Gasteiger partial charge in [-0.05, 0) is 91.9 Å². The van der Waals surface area contributed by atoms with Crippen LogP contribution in [0.4, 0.5) is 0 Å². The molecule has 0 spiro atoms. The Labute approximate surface area is 203 Å². The molecular weight excluding hydrogens is 432 g/mol. The molecule has 0 saturated heterocycles. The molecule has 0 aromatic rings. The summed E-state index contributed by atoms with van der Waals surface area (Å²) < 4.78 is 0. The summed E-state index contributed by atoms with van der Waals surface area (Å²) in [6.07, 6.45) is 11.2. The number of aliphatic hydroxyl groups excluding tert-OH is 1. The quantitative estimate of drug-likeness (QED) is 0.477. The van der Waals surface area contributed by atoms with E-state index in [0.717, 1.165) is 44.2 Å². The van der Waals surface area contributed by atoms with Gasteiger partial charge in [0.15, 0.2) is 6.61 Å². The van der Waals surface area contributed by atoms with E-state index in [-0.39, 0.29) is 29.5 Å². The van der Waals surface area contributed by atoms with Gasteiger partial charge in [-0.3, -0.25) is 4.79 Å². The summed E-state index contributed by atoms with van der Waals surface area (Å²) in [5, 5.41) is 26.8. The average Bonchev–Trinajstić information content (AvgIpc) is 3.11. The number of fused-ring (bicyclic) bond motifs is 5. The van der Waals surface area contributed by atoms with Gasteiger partial charge in [-0.25, -0.2) is 4.79 Å². The first-order valence-corrected chi connectivity index (χ1v) is 13.2. The fraction of sp³-hybridized carbons (Fsp3) is 0.815. The zero-order chi connectivity index (χ0) is 24.7. The van der Waals surface area contributed by atoms with Crippen molar-refractivity contribution in [1.82, 2.24) is 5.32 Å². The smallest absolute Gasteiger partial charge is 0.326 e. The van der Waals surface area contributed by atoms with E-state index in [1.165, 1.54) is 18.4 Å². The molecule has 4 aliphatic carbocycles. The third-order valence-corrected chi connectivity index (χ3v) is 10.1. The van der Waals surface area contributed by atoms with Crippen LogP contribution in [0.1, 0.15) is 85.5 Å². The predicted molar refractivity (Wildman–Crippen MR) is 130 cm³/mol. The summed E-state index contributed by atoms with van der Waals surface area (Å²) in [6, 6.07) is -0.917. The van der Waals surface area contributed by atoms with Gasteiger partial charge in [-0.1, -0.05) is 44.8 Å². The lowest BCUT2D eigenvalue weighted by molar-refractivity contribution is -0.144. The number of hydrogen-bond donors (Lipinski definition) is 3. The standard InChI is InChI=1S/C27H42N2O5/c1-5-16(2)24(25(32)33)28-23(31)15-34-29-18-10-12-26(3)17(14-18)6-7-19-20-8-9-22(30)27(20,4)13-11-21(19)26/h14,16,19-22,24,30H,5-13,15H2,1-4H3,(H,28,31)(H,32,33). The van der Waals surface area contributed by atoms with E-state index in [2.05, 4.69) is 30.4 Å². The second-order valence-corrected chi connectivity index (χ2v) is 11.8. The molecule has 0 aromatic carbocycles. The summed E-state index contributed by atoms with van der Waals surface area (Å²) in [5.74, 6) is 0.350. The second kappa shape index (κ2) is 9.63. The molecule has 0 heterocycles. The van der Waals surface area contributed by atoms with Gasteiger partial charge < -0.3 is 20.4 Å². The van der Waals surface area contributed by atoms with E-state index in [0.29, 0.717) is 24.2 Å². The molecule has 0 aromatic heterocycles. The fourth-order valence-corrected chi connectivity index (χ4v) is 7.69. The molecule has 4 aliphatic rings. The number of allylic oxidation sites excluding steroid dienone is 2. The van der Waals surface area contributed by atoms with Crippen molar-refractivity contribution < 1.29 is 24.6 Å². The molecule has 34 heavy (non-hydrogen) atoms. The molecule has 4 rings (SSSR count). The molecule has 190 valence electrons. The maximum atomic E-state index is 12.2. The van der Waals surface area contributed by atoms with Crippen LogP contribution in [0.25, 0.3) is 0 Å². The Kier molecular flexibility index (Phi) is 7.14. The molecule has 0 aliphatic heterocycles. The first-order chi connectivity index (χ1) is 16.1. The number of amides is 1. The molecule has 3 saturated carbocycles. The van der Waals surface area contributed by atoms with Crippen molar-refractivity contribution in [1.29, 1.82) is 0 Å². The predicted octanol–water partition coefficient (Wildman–Crippen LogP) is 4.30. The summed E-state index contributed by atoms with van der Waals surface area (Å²) in [6.45, 7) is 8.17. The molecule has 3 N–H and O–H groups in total. The second-order valence-electron chi connectivity index (χ2n) is 11.8. The summed E-state index contributed by atoms with van der Waals surface area (Å²) >= 11 is 0. The van der Waals surface area contributed by atoms with Crippen molar-refractivity contribution in [2.45, 2.75) is 97.6 Å². The zero-order valence-corrected chi connectivity index (χ0v) is 21.2. The van der Waals surface area contributed by atoms with Gasteiger partial charge in [0, 0.05) is 0 Å². The number of hydrogen-bond acceptors (Lipinski definition) is 5. The Morgan fingerprint density at radius 3 is 2.65 bits per heavy atom. The Balaban J connectivity index is 1.38. The van der Waals surface area contributed by atoms with Crippen LogP contribution < -0.4 is 5.32 Å². The number of aliphatic hydroxyl groups is 1. The summed E-state index contributed by atoms with van der Waals surface area (Å²) in [4.78, 5) is 28.9. The number of carboxylic acid groups (broad SMARTS) is 1. The maximum Gasteiger partial charge on any atom is 0.326 e. The normalized spacial score (nSPS) is 39.8. The third kappa shape index (κ3) is 4.40. The SMILES string of the molecule is CCC(C)C(NC(=O)CON=C1C=C2CCC3C(CCC4(C)C(O)CCC34)C2(C)CC1)C(=O)O. The molecule has 7 heteroatoms. The van der Waals surface area contributed by atoms with Crippen molar-refractivity contribution in [3.05, 3.63) is 11.6 Å².